The molecule has 8 heteroatoms. The molecular weight excluding hydrogens is 381 g/mol. The third kappa shape index (κ3) is 5.45. The molecule has 0 radical (unpaired) electrons. The first-order chi connectivity index (χ1) is 13.7. The number of carbonyl (C=O) groups is 1. The van der Waals surface area contributed by atoms with E-state index in [-0.39, 0.29) is 5.82 Å². The second-order valence-corrected chi connectivity index (χ2v) is 6.45. The van der Waals surface area contributed by atoms with E-state index in [0.29, 0.717) is 16.7 Å². The minimum atomic E-state index is -4.39. The van der Waals surface area contributed by atoms with Crippen LogP contribution in [0, 0.1) is 25.7 Å². The van der Waals surface area contributed by atoms with Crippen molar-refractivity contribution in [3.05, 3.63) is 76.7 Å². The summed E-state index contributed by atoms with van der Waals surface area (Å²) in [4.78, 5) is 16.6. The molecule has 0 aliphatic carbocycles. The molecule has 1 aromatic carbocycles. The number of anilines is 1. The van der Waals surface area contributed by atoms with Crippen molar-refractivity contribution < 1.29 is 18.0 Å². The first kappa shape index (κ1) is 20.1. The van der Waals surface area contributed by atoms with Crippen LogP contribution in [-0.2, 0) is 6.54 Å². The van der Waals surface area contributed by atoms with Crippen LogP contribution in [-0.4, -0.2) is 26.8 Å². The number of amides is 1. The SMILES string of the molecule is Cc1ccc(C(=O)Nc2nn(CC(F)(F)F)cc2C)cc1C#Cc1cccnc1. The minimum Gasteiger partial charge on any atom is -0.305 e. The van der Waals surface area contributed by atoms with Gasteiger partial charge in [-0.05, 0) is 43.7 Å². The topological polar surface area (TPSA) is 59.8 Å². The predicted octanol–water partition coefficient (Wildman–Crippen LogP) is 4.11. The van der Waals surface area contributed by atoms with E-state index in [9.17, 15) is 18.0 Å². The van der Waals surface area contributed by atoms with Gasteiger partial charge in [0.25, 0.3) is 5.91 Å². The number of rotatable bonds is 3. The lowest BCUT2D eigenvalue weighted by Gasteiger charge is -2.06. The zero-order valence-electron chi connectivity index (χ0n) is 15.7. The van der Waals surface area contributed by atoms with Gasteiger partial charge >= 0.3 is 6.18 Å². The number of hydrogen-bond acceptors (Lipinski definition) is 3. The molecule has 148 valence electrons. The Bertz CT molecular complexity index is 1090. The molecule has 2 aromatic heterocycles. The van der Waals surface area contributed by atoms with Gasteiger partial charge in [-0.25, -0.2) is 0 Å². The van der Waals surface area contributed by atoms with Crippen molar-refractivity contribution in [1.82, 2.24) is 14.8 Å². The van der Waals surface area contributed by atoms with E-state index in [1.165, 1.54) is 6.20 Å². The summed E-state index contributed by atoms with van der Waals surface area (Å²) in [5.41, 5.74) is 3.07. The second-order valence-electron chi connectivity index (χ2n) is 6.45. The highest BCUT2D eigenvalue weighted by molar-refractivity contribution is 6.04. The molecule has 2 heterocycles. The third-order valence-corrected chi connectivity index (χ3v) is 4.02. The highest BCUT2D eigenvalue weighted by Crippen LogP contribution is 2.20. The average Bonchev–Trinajstić information content (AvgIpc) is 2.98. The normalized spacial score (nSPS) is 10.9. The van der Waals surface area contributed by atoms with E-state index in [1.54, 1.807) is 43.6 Å². The van der Waals surface area contributed by atoms with Gasteiger partial charge < -0.3 is 5.32 Å². The summed E-state index contributed by atoms with van der Waals surface area (Å²) < 4.78 is 38.3. The van der Waals surface area contributed by atoms with Gasteiger partial charge in [0.05, 0.1) is 0 Å². The van der Waals surface area contributed by atoms with E-state index in [4.69, 9.17) is 0 Å². The Morgan fingerprint density at radius 3 is 2.66 bits per heavy atom. The Hall–Kier alpha value is -3.60. The van der Waals surface area contributed by atoms with Crippen LogP contribution in [0.15, 0.2) is 48.9 Å². The summed E-state index contributed by atoms with van der Waals surface area (Å²) in [6.07, 6.45) is 0.139. The van der Waals surface area contributed by atoms with Crippen molar-refractivity contribution in [1.29, 1.82) is 0 Å². The minimum absolute atomic E-state index is 0.0859. The lowest BCUT2D eigenvalue weighted by atomic mass is 10.0. The first-order valence-electron chi connectivity index (χ1n) is 8.66. The van der Waals surface area contributed by atoms with Crippen molar-refractivity contribution in [2.75, 3.05) is 5.32 Å². The van der Waals surface area contributed by atoms with E-state index >= 15 is 0 Å². The Kier molecular flexibility index (Phi) is 5.69. The maximum atomic E-state index is 12.6. The molecule has 3 rings (SSSR count). The van der Waals surface area contributed by atoms with Crippen LogP contribution in [0.4, 0.5) is 19.0 Å². The highest BCUT2D eigenvalue weighted by atomic mass is 19.4. The molecule has 0 aliphatic rings. The molecule has 0 spiro atoms. The van der Waals surface area contributed by atoms with Crippen LogP contribution in [0.1, 0.15) is 32.6 Å². The zero-order valence-corrected chi connectivity index (χ0v) is 15.7. The van der Waals surface area contributed by atoms with Crippen LogP contribution >= 0.6 is 0 Å². The van der Waals surface area contributed by atoms with Crippen LogP contribution in [0.3, 0.4) is 0 Å². The Morgan fingerprint density at radius 2 is 1.97 bits per heavy atom. The molecule has 0 unspecified atom stereocenters. The number of nitrogens with zero attached hydrogens (tertiary/aromatic N) is 3. The van der Waals surface area contributed by atoms with Gasteiger partial charge in [-0.1, -0.05) is 17.9 Å². The monoisotopic (exact) mass is 398 g/mol. The van der Waals surface area contributed by atoms with Crippen LogP contribution < -0.4 is 5.32 Å². The molecule has 0 saturated heterocycles. The molecule has 3 aromatic rings. The highest BCUT2D eigenvalue weighted by Gasteiger charge is 2.29. The van der Waals surface area contributed by atoms with Gasteiger partial charge in [0.2, 0.25) is 0 Å². The molecule has 5 nitrogen and oxygen atoms in total. The third-order valence-electron chi connectivity index (χ3n) is 4.02. The van der Waals surface area contributed by atoms with Gasteiger partial charge in [-0.3, -0.25) is 14.5 Å². The summed E-state index contributed by atoms with van der Waals surface area (Å²) in [6, 6.07) is 8.63. The zero-order chi connectivity index (χ0) is 21.0. The molecule has 29 heavy (non-hydrogen) atoms. The van der Waals surface area contributed by atoms with Crippen LogP contribution in [0.25, 0.3) is 0 Å². The largest absolute Gasteiger partial charge is 0.408 e. The number of pyridine rings is 1. The number of benzene rings is 1. The first-order valence-corrected chi connectivity index (χ1v) is 8.66. The van der Waals surface area contributed by atoms with Crippen molar-refractivity contribution in [3.63, 3.8) is 0 Å². The molecule has 1 amide bonds. The summed E-state index contributed by atoms with van der Waals surface area (Å²) in [6.45, 7) is 2.23. The van der Waals surface area contributed by atoms with Crippen LogP contribution in [0.2, 0.25) is 0 Å². The Balaban J connectivity index is 1.79. The number of aryl methyl sites for hydroxylation is 2. The van der Waals surface area contributed by atoms with Gasteiger partial charge in [-0.2, -0.15) is 18.3 Å². The van der Waals surface area contributed by atoms with E-state index in [2.05, 4.69) is 27.2 Å². The summed E-state index contributed by atoms with van der Waals surface area (Å²) in [7, 11) is 0. The summed E-state index contributed by atoms with van der Waals surface area (Å²) in [5.74, 6) is 5.61. The Labute approximate surface area is 165 Å². The predicted molar refractivity (Wildman–Crippen MR) is 102 cm³/mol. The fourth-order valence-corrected chi connectivity index (χ4v) is 2.56. The Morgan fingerprint density at radius 1 is 1.17 bits per heavy atom. The smallest absolute Gasteiger partial charge is 0.305 e. The molecule has 1 N–H and O–H groups in total. The summed E-state index contributed by atoms with van der Waals surface area (Å²) in [5, 5.41) is 6.36. The maximum Gasteiger partial charge on any atom is 0.408 e. The lowest BCUT2D eigenvalue weighted by molar-refractivity contribution is -0.142. The number of aromatic nitrogens is 3. The molecule has 0 atom stereocenters. The fourth-order valence-electron chi connectivity index (χ4n) is 2.56. The van der Waals surface area contributed by atoms with E-state index in [0.717, 1.165) is 15.8 Å². The van der Waals surface area contributed by atoms with Gasteiger partial charge in [-0.15, -0.1) is 0 Å². The molecule has 0 saturated carbocycles. The van der Waals surface area contributed by atoms with Crippen molar-refractivity contribution >= 4 is 11.7 Å². The molecular formula is C21H17F3N4O. The number of hydrogen-bond donors (Lipinski definition) is 1. The molecule has 0 aliphatic heterocycles. The number of halogens is 3. The summed E-state index contributed by atoms with van der Waals surface area (Å²) >= 11 is 0. The van der Waals surface area contributed by atoms with E-state index < -0.39 is 18.6 Å². The van der Waals surface area contributed by atoms with Gasteiger partial charge in [0.1, 0.15) is 6.54 Å². The van der Waals surface area contributed by atoms with Crippen molar-refractivity contribution in [3.8, 4) is 11.8 Å². The fraction of sp³-hybridized carbons (Fsp3) is 0.190. The van der Waals surface area contributed by atoms with Gasteiger partial charge in [0.15, 0.2) is 5.82 Å². The quantitative estimate of drug-likeness (QED) is 0.676. The lowest BCUT2D eigenvalue weighted by Crippen LogP contribution is -2.18. The standard InChI is InChI=1S/C21H17F3N4O/c1-14-5-7-18(10-17(14)8-6-16-4-3-9-25-11-16)20(29)26-19-15(2)12-28(27-19)13-21(22,23)24/h3-5,7,9-12H,13H2,1-2H3,(H,26,27,29). The average molecular weight is 398 g/mol. The number of alkyl halides is 3. The number of carbonyl (C=O) groups excluding carboxylic acids is 1. The van der Waals surface area contributed by atoms with Crippen molar-refractivity contribution in [2.45, 2.75) is 26.6 Å². The van der Waals surface area contributed by atoms with E-state index in [1.807, 2.05) is 13.0 Å². The van der Waals surface area contributed by atoms with Crippen LogP contribution in [0.5, 0.6) is 0 Å². The number of nitrogens with one attached hydrogen (secondary N) is 1. The second kappa shape index (κ2) is 8.19. The van der Waals surface area contributed by atoms with Gasteiger partial charge in [0, 0.05) is 40.8 Å². The van der Waals surface area contributed by atoms with Crippen molar-refractivity contribution in [2.24, 2.45) is 0 Å². The maximum absolute atomic E-state index is 12.6. The molecule has 0 bridgehead atoms. The molecule has 0 fully saturated rings.